The van der Waals surface area contributed by atoms with Crippen LogP contribution in [0.15, 0.2) is 53.3 Å². The molecular weight excluding hydrogens is 310 g/mol. The SMILES string of the molecule is CSCc1nc(-c2cccc(-c3cn4ncccc4n3)c2)no1. The minimum atomic E-state index is 0.595. The van der Waals surface area contributed by atoms with Crippen molar-refractivity contribution in [1.29, 1.82) is 0 Å². The van der Waals surface area contributed by atoms with Crippen molar-refractivity contribution in [3.05, 3.63) is 54.7 Å². The van der Waals surface area contributed by atoms with Gasteiger partial charge in [-0.15, -0.1) is 0 Å². The Bertz CT molecular complexity index is 929. The van der Waals surface area contributed by atoms with E-state index in [0.29, 0.717) is 17.5 Å². The maximum Gasteiger partial charge on any atom is 0.236 e. The highest BCUT2D eigenvalue weighted by atomic mass is 32.2. The van der Waals surface area contributed by atoms with Crippen LogP contribution in [0.2, 0.25) is 0 Å². The number of thioether (sulfide) groups is 1. The molecule has 1 aromatic carbocycles. The average molecular weight is 323 g/mol. The predicted molar refractivity (Wildman–Crippen MR) is 88.9 cm³/mol. The lowest BCUT2D eigenvalue weighted by atomic mass is 10.1. The molecule has 0 aliphatic carbocycles. The van der Waals surface area contributed by atoms with E-state index in [0.717, 1.165) is 22.5 Å². The van der Waals surface area contributed by atoms with E-state index in [1.54, 1.807) is 22.5 Å². The predicted octanol–water partition coefficient (Wildman–Crippen LogP) is 3.31. The van der Waals surface area contributed by atoms with Gasteiger partial charge in [0, 0.05) is 17.3 Å². The Balaban J connectivity index is 1.72. The van der Waals surface area contributed by atoms with Gasteiger partial charge in [0.05, 0.1) is 17.6 Å². The minimum Gasteiger partial charge on any atom is -0.338 e. The van der Waals surface area contributed by atoms with Crippen LogP contribution in [0.4, 0.5) is 0 Å². The maximum absolute atomic E-state index is 5.24. The molecule has 0 bridgehead atoms. The number of fused-ring (bicyclic) bond motifs is 1. The smallest absolute Gasteiger partial charge is 0.236 e. The topological polar surface area (TPSA) is 69.1 Å². The summed E-state index contributed by atoms with van der Waals surface area (Å²) in [6.45, 7) is 0. The third-order valence-electron chi connectivity index (χ3n) is 3.39. The van der Waals surface area contributed by atoms with Crippen molar-refractivity contribution in [2.45, 2.75) is 5.75 Å². The molecule has 4 rings (SSSR count). The fraction of sp³-hybridized carbons (Fsp3) is 0.125. The van der Waals surface area contributed by atoms with Crippen LogP contribution in [0.5, 0.6) is 0 Å². The summed E-state index contributed by atoms with van der Waals surface area (Å²) in [5.41, 5.74) is 3.57. The second-order valence-electron chi connectivity index (χ2n) is 4.98. The van der Waals surface area contributed by atoms with Crippen LogP contribution in [0.25, 0.3) is 28.3 Å². The first kappa shape index (κ1) is 14.0. The van der Waals surface area contributed by atoms with Gasteiger partial charge >= 0.3 is 0 Å². The summed E-state index contributed by atoms with van der Waals surface area (Å²) in [6, 6.07) is 11.7. The lowest BCUT2D eigenvalue weighted by Gasteiger charge is -1.98. The Morgan fingerprint density at radius 2 is 2.04 bits per heavy atom. The van der Waals surface area contributed by atoms with Gasteiger partial charge in [-0.2, -0.15) is 21.8 Å². The first-order valence-electron chi connectivity index (χ1n) is 7.06. The summed E-state index contributed by atoms with van der Waals surface area (Å²) in [6.07, 6.45) is 5.65. The van der Waals surface area contributed by atoms with Crippen molar-refractivity contribution >= 4 is 17.4 Å². The first-order valence-corrected chi connectivity index (χ1v) is 8.45. The zero-order chi connectivity index (χ0) is 15.6. The number of benzene rings is 1. The highest BCUT2D eigenvalue weighted by molar-refractivity contribution is 7.97. The van der Waals surface area contributed by atoms with Crippen molar-refractivity contribution in [3.63, 3.8) is 0 Å². The first-order chi connectivity index (χ1) is 11.3. The van der Waals surface area contributed by atoms with Crippen molar-refractivity contribution in [2.75, 3.05) is 6.26 Å². The van der Waals surface area contributed by atoms with Gasteiger partial charge in [-0.25, -0.2) is 9.50 Å². The van der Waals surface area contributed by atoms with Gasteiger partial charge in [0.2, 0.25) is 11.7 Å². The van der Waals surface area contributed by atoms with E-state index in [2.05, 4.69) is 20.2 Å². The van der Waals surface area contributed by atoms with Crippen LogP contribution in [0.3, 0.4) is 0 Å². The van der Waals surface area contributed by atoms with Crippen molar-refractivity contribution < 1.29 is 4.52 Å². The molecule has 0 saturated carbocycles. The maximum atomic E-state index is 5.24. The van der Waals surface area contributed by atoms with E-state index in [4.69, 9.17) is 4.52 Å². The normalized spacial score (nSPS) is 11.2. The highest BCUT2D eigenvalue weighted by Gasteiger charge is 2.10. The van der Waals surface area contributed by atoms with Gasteiger partial charge in [0.15, 0.2) is 5.65 Å². The zero-order valence-electron chi connectivity index (χ0n) is 12.4. The van der Waals surface area contributed by atoms with E-state index < -0.39 is 0 Å². The van der Waals surface area contributed by atoms with Crippen molar-refractivity contribution in [1.82, 2.24) is 24.7 Å². The van der Waals surface area contributed by atoms with E-state index in [-0.39, 0.29) is 0 Å². The number of rotatable bonds is 4. The molecule has 0 N–H and O–H groups in total. The zero-order valence-corrected chi connectivity index (χ0v) is 13.2. The van der Waals surface area contributed by atoms with Crippen LogP contribution < -0.4 is 0 Å². The molecule has 7 heteroatoms. The second-order valence-corrected chi connectivity index (χ2v) is 5.84. The Morgan fingerprint density at radius 3 is 2.91 bits per heavy atom. The van der Waals surface area contributed by atoms with E-state index >= 15 is 0 Å². The molecule has 0 aliphatic rings. The molecule has 0 aliphatic heterocycles. The summed E-state index contributed by atoms with van der Waals surface area (Å²) in [7, 11) is 0. The van der Waals surface area contributed by atoms with Crippen molar-refractivity contribution in [2.24, 2.45) is 0 Å². The highest BCUT2D eigenvalue weighted by Crippen LogP contribution is 2.24. The molecule has 3 aromatic heterocycles. The van der Waals surface area contributed by atoms with Gasteiger partial charge in [-0.1, -0.05) is 23.4 Å². The quantitative estimate of drug-likeness (QED) is 0.574. The molecule has 3 heterocycles. The largest absolute Gasteiger partial charge is 0.338 e. The molecular formula is C16H13N5OS. The molecule has 0 saturated heterocycles. The summed E-state index contributed by atoms with van der Waals surface area (Å²) >= 11 is 1.65. The van der Waals surface area contributed by atoms with Crippen LogP contribution in [0, 0.1) is 0 Å². The molecule has 0 amide bonds. The molecule has 6 nitrogen and oxygen atoms in total. The molecule has 4 aromatic rings. The summed E-state index contributed by atoms with van der Waals surface area (Å²) in [5.74, 6) is 1.94. The van der Waals surface area contributed by atoms with E-state index in [1.165, 1.54) is 0 Å². The lowest BCUT2D eigenvalue weighted by Crippen LogP contribution is -1.85. The van der Waals surface area contributed by atoms with E-state index in [9.17, 15) is 0 Å². The number of aromatic nitrogens is 5. The van der Waals surface area contributed by atoms with Crippen LogP contribution in [-0.4, -0.2) is 31.0 Å². The summed E-state index contributed by atoms with van der Waals surface area (Å²) in [5, 5.41) is 8.29. The number of hydrogen-bond acceptors (Lipinski definition) is 6. The standard InChI is InChI=1S/C16H13N5OS/c1-23-10-15-19-16(20-22-15)12-5-2-4-11(8-12)13-9-21-14(18-13)6-3-7-17-21/h2-9H,10H2,1H3. The third-order valence-corrected chi connectivity index (χ3v) is 3.92. The van der Waals surface area contributed by atoms with Crippen LogP contribution in [-0.2, 0) is 5.75 Å². The third kappa shape index (κ3) is 2.70. The summed E-state index contributed by atoms with van der Waals surface area (Å²) in [4.78, 5) is 9.00. The van der Waals surface area contributed by atoms with Gasteiger partial charge < -0.3 is 4.52 Å². The number of nitrogens with zero attached hydrogens (tertiary/aromatic N) is 5. The molecule has 0 fully saturated rings. The van der Waals surface area contributed by atoms with Gasteiger partial charge in [-0.05, 0) is 24.5 Å². The van der Waals surface area contributed by atoms with Crippen molar-refractivity contribution in [3.8, 4) is 22.6 Å². The van der Waals surface area contributed by atoms with Crippen LogP contribution >= 0.6 is 11.8 Å². The van der Waals surface area contributed by atoms with Gasteiger partial charge in [0.1, 0.15) is 0 Å². The second kappa shape index (κ2) is 5.85. The Hall–Kier alpha value is -2.67. The average Bonchev–Trinajstić information content (AvgIpc) is 3.22. The molecule has 114 valence electrons. The fourth-order valence-corrected chi connectivity index (χ4v) is 2.71. The Morgan fingerprint density at radius 1 is 1.13 bits per heavy atom. The van der Waals surface area contributed by atoms with E-state index in [1.807, 2.05) is 48.9 Å². The molecule has 0 unspecified atom stereocenters. The lowest BCUT2D eigenvalue weighted by molar-refractivity contribution is 0.392. The molecule has 0 atom stereocenters. The number of hydrogen-bond donors (Lipinski definition) is 0. The Kier molecular flexibility index (Phi) is 3.55. The number of imidazole rings is 1. The fourth-order valence-electron chi connectivity index (χ4n) is 2.34. The minimum absolute atomic E-state index is 0.595. The van der Waals surface area contributed by atoms with Gasteiger partial charge in [0.25, 0.3) is 0 Å². The van der Waals surface area contributed by atoms with Crippen LogP contribution in [0.1, 0.15) is 5.89 Å². The summed E-state index contributed by atoms with van der Waals surface area (Å²) < 4.78 is 7.00. The molecule has 0 radical (unpaired) electrons. The molecule has 0 spiro atoms. The molecule has 23 heavy (non-hydrogen) atoms. The van der Waals surface area contributed by atoms with Gasteiger partial charge in [-0.3, -0.25) is 0 Å². The Labute approximate surface area is 136 Å². The monoisotopic (exact) mass is 323 g/mol.